The Morgan fingerprint density at radius 2 is 1.95 bits per heavy atom. The molecule has 1 aromatic rings. The van der Waals surface area contributed by atoms with Gasteiger partial charge in [-0.1, -0.05) is 32.0 Å². The Balaban J connectivity index is 2.68. The van der Waals surface area contributed by atoms with E-state index in [1.807, 2.05) is 26.0 Å². The third-order valence-corrected chi connectivity index (χ3v) is 2.88. The average molecular weight is 279 g/mol. The number of hydrogen-bond acceptors (Lipinski definition) is 3. The van der Waals surface area contributed by atoms with Crippen LogP contribution in [0, 0.1) is 5.92 Å². The Hall–Kier alpha value is -2.04. The predicted octanol–water partition coefficient (Wildman–Crippen LogP) is 1.85. The van der Waals surface area contributed by atoms with Crippen LogP contribution in [-0.4, -0.2) is 30.1 Å². The number of carbonyl (C=O) groups is 2. The van der Waals surface area contributed by atoms with Gasteiger partial charge >= 0.3 is 5.97 Å². The van der Waals surface area contributed by atoms with Crippen molar-refractivity contribution in [2.75, 3.05) is 7.11 Å². The van der Waals surface area contributed by atoms with E-state index in [9.17, 15) is 9.59 Å². The number of amides is 1. The van der Waals surface area contributed by atoms with E-state index in [-0.39, 0.29) is 18.2 Å². The standard InChI is InChI=1S/C15H21NO4/c1-10(2)8-12(15(18)19)16-14(17)9-11-6-4-5-7-13(11)20-3/h4-7,10,12H,8-9H2,1-3H3,(H,16,17)(H,18,19)/t12-/m0/s1. The molecule has 0 radical (unpaired) electrons. The van der Waals surface area contributed by atoms with Crippen LogP contribution >= 0.6 is 0 Å². The Labute approximate surface area is 118 Å². The zero-order valence-corrected chi connectivity index (χ0v) is 12.1. The van der Waals surface area contributed by atoms with Crippen LogP contribution in [0.2, 0.25) is 0 Å². The van der Waals surface area contributed by atoms with Crippen molar-refractivity contribution < 1.29 is 19.4 Å². The third-order valence-electron chi connectivity index (χ3n) is 2.88. The second kappa shape index (κ2) is 7.53. The number of aliphatic carboxylic acids is 1. The molecule has 2 N–H and O–H groups in total. The van der Waals surface area contributed by atoms with Crippen molar-refractivity contribution in [3.63, 3.8) is 0 Å². The number of methoxy groups -OCH3 is 1. The minimum atomic E-state index is -1.01. The van der Waals surface area contributed by atoms with Crippen LogP contribution in [0.1, 0.15) is 25.8 Å². The van der Waals surface area contributed by atoms with Gasteiger partial charge in [0.15, 0.2) is 0 Å². The molecule has 0 aromatic heterocycles. The molecular weight excluding hydrogens is 258 g/mol. The smallest absolute Gasteiger partial charge is 0.326 e. The molecule has 0 saturated carbocycles. The summed E-state index contributed by atoms with van der Waals surface area (Å²) in [7, 11) is 1.54. The van der Waals surface area contributed by atoms with Crippen molar-refractivity contribution in [3.05, 3.63) is 29.8 Å². The maximum Gasteiger partial charge on any atom is 0.326 e. The van der Waals surface area contributed by atoms with Crippen LogP contribution in [0.25, 0.3) is 0 Å². The largest absolute Gasteiger partial charge is 0.496 e. The van der Waals surface area contributed by atoms with Gasteiger partial charge in [-0.15, -0.1) is 0 Å². The lowest BCUT2D eigenvalue weighted by Crippen LogP contribution is -2.42. The van der Waals surface area contributed by atoms with Gasteiger partial charge in [0.2, 0.25) is 5.91 Å². The normalized spacial score (nSPS) is 12.0. The molecule has 0 aliphatic heterocycles. The van der Waals surface area contributed by atoms with Crippen molar-refractivity contribution >= 4 is 11.9 Å². The number of carbonyl (C=O) groups excluding carboxylic acids is 1. The number of hydrogen-bond donors (Lipinski definition) is 2. The van der Waals surface area contributed by atoms with Crippen LogP contribution in [0.15, 0.2) is 24.3 Å². The molecule has 0 spiro atoms. The van der Waals surface area contributed by atoms with Crippen LogP contribution in [0.4, 0.5) is 0 Å². The van der Waals surface area contributed by atoms with E-state index < -0.39 is 12.0 Å². The Kier molecular flexibility index (Phi) is 6.03. The molecule has 5 nitrogen and oxygen atoms in total. The molecule has 0 saturated heterocycles. The van der Waals surface area contributed by atoms with Crippen molar-refractivity contribution in [1.82, 2.24) is 5.32 Å². The van der Waals surface area contributed by atoms with Gasteiger partial charge in [0, 0.05) is 5.56 Å². The van der Waals surface area contributed by atoms with Gasteiger partial charge in [-0.25, -0.2) is 4.79 Å². The summed E-state index contributed by atoms with van der Waals surface area (Å²) in [4.78, 5) is 23.1. The van der Waals surface area contributed by atoms with Crippen LogP contribution in [0.5, 0.6) is 5.75 Å². The molecule has 1 rings (SSSR count). The highest BCUT2D eigenvalue weighted by atomic mass is 16.5. The first-order chi connectivity index (χ1) is 9.43. The topological polar surface area (TPSA) is 75.6 Å². The van der Waals surface area contributed by atoms with Gasteiger partial charge in [0.05, 0.1) is 13.5 Å². The molecule has 0 unspecified atom stereocenters. The zero-order chi connectivity index (χ0) is 15.1. The van der Waals surface area contributed by atoms with E-state index in [1.54, 1.807) is 12.1 Å². The summed E-state index contributed by atoms with van der Waals surface area (Å²) in [6, 6.07) is 6.34. The highest BCUT2D eigenvalue weighted by Gasteiger charge is 2.21. The lowest BCUT2D eigenvalue weighted by molar-refractivity contribution is -0.142. The summed E-state index contributed by atoms with van der Waals surface area (Å²) in [5.74, 6) is -0.504. The zero-order valence-electron chi connectivity index (χ0n) is 12.1. The second-order valence-electron chi connectivity index (χ2n) is 5.08. The monoisotopic (exact) mass is 279 g/mol. The summed E-state index contributed by atoms with van der Waals surface area (Å²) in [6.45, 7) is 3.84. The molecule has 0 fully saturated rings. The number of carboxylic acid groups (broad SMARTS) is 1. The molecule has 1 atom stereocenters. The summed E-state index contributed by atoms with van der Waals surface area (Å²) >= 11 is 0. The van der Waals surface area contributed by atoms with Crippen LogP contribution in [-0.2, 0) is 16.0 Å². The first-order valence-corrected chi connectivity index (χ1v) is 6.58. The molecule has 0 aliphatic rings. The molecular formula is C15H21NO4. The summed E-state index contributed by atoms with van der Waals surface area (Å²) in [5, 5.41) is 11.7. The van der Waals surface area contributed by atoms with Crippen molar-refractivity contribution in [1.29, 1.82) is 0 Å². The first-order valence-electron chi connectivity index (χ1n) is 6.58. The number of ether oxygens (including phenoxy) is 1. The molecule has 0 aliphatic carbocycles. The molecule has 1 amide bonds. The molecule has 1 aromatic carbocycles. The van der Waals surface area contributed by atoms with E-state index in [0.717, 1.165) is 5.56 Å². The van der Waals surface area contributed by atoms with Gasteiger partial charge in [-0.05, 0) is 18.4 Å². The quantitative estimate of drug-likeness (QED) is 0.798. The number of nitrogens with one attached hydrogen (secondary N) is 1. The lowest BCUT2D eigenvalue weighted by Gasteiger charge is -2.17. The Morgan fingerprint density at radius 3 is 2.50 bits per heavy atom. The number of rotatable bonds is 7. The van der Waals surface area contributed by atoms with E-state index >= 15 is 0 Å². The Bertz CT molecular complexity index is 471. The summed E-state index contributed by atoms with van der Waals surface area (Å²) in [6.07, 6.45) is 0.513. The van der Waals surface area contributed by atoms with Gasteiger partial charge in [-0.3, -0.25) is 4.79 Å². The minimum absolute atomic E-state index is 0.103. The van der Waals surface area contributed by atoms with Gasteiger partial charge in [0.25, 0.3) is 0 Å². The number of para-hydroxylation sites is 1. The second-order valence-corrected chi connectivity index (χ2v) is 5.08. The fourth-order valence-corrected chi connectivity index (χ4v) is 1.96. The number of carboxylic acids is 1. The predicted molar refractivity (Wildman–Crippen MR) is 75.7 cm³/mol. The van der Waals surface area contributed by atoms with Crippen LogP contribution < -0.4 is 10.1 Å². The van der Waals surface area contributed by atoms with Crippen LogP contribution in [0.3, 0.4) is 0 Å². The SMILES string of the molecule is COc1ccccc1CC(=O)N[C@@H](CC(C)C)C(=O)O. The first kappa shape index (κ1) is 16.0. The number of benzene rings is 1. The highest BCUT2D eigenvalue weighted by Crippen LogP contribution is 2.17. The van der Waals surface area contributed by atoms with Crippen molar-refractivity contribution in [2.24, 2.45) is 5.92 Å². The average Bonchev–Trinajstić information content (AvgIpc) is 2.37. The Morgan fingerprint density at radius 1 is 1.30 bits per heavy atom. The van der Waals surface area contributed by atoms with Gasteiger partial charge < -0.3 is 15.2 Å². The maximum absolute atomic E-state index is 11.9. The van der Waals surface area contributed by atoms with E-state index in [2.05, 4.69) is 5.32 Å². The van der Waals surface area contributed by atoms with E-state index in [1.165, 1.54) is 7.11 Å². The highest BCUT2D eigenvalue weighted by molar-refractivity contribution is 5.85. The van der Waals surface area contributed by atoms with Crippen molar-refractivity contribution in [3.8, 4) is 5.75 Å². The molecule has 110 valence electrons. The van der Waals surface area contributed by atoms with Crippen molar-refractivity contribution in [2.45, 2.75) is 32.7 Å². The van der Waals surface area contributed by atoms with Gasteiger partial charge in [-0.2, -0.15) is 0 Å². The van der Waals surface area contributed by atoms with E-state index in [0.29, 0.717) is 12.2 Å². The lowest BCUT2D eigenvalue weighted by atomic mass is 10.0. The molecule has 0 bridgehead atoms. The molecule has 0 heterocycles. The van der Waals surface area contributed by atoms with E-state index in [4.69, 9.17) is 9.84 Å². The fraction of sp³-hybridized carbons (Fsp3) is 0.467. The maximum atomic E-state index is 11.9. The third kappa shape index (κ3) is 4.91. The summed E-state index contributed by atoms with van der Waals surface area (Å²) in [5.41, 5.74) is 0.737. The fourth-order valence-electron chi connectivity index (χ4n) is 1.96. The summed E-state index contributed by atoms with van der Waals surface area (Å²) < 4.78 is 5.17. The minimum Gasteiger partial charge on any atom is -0.496 e. The van der Waals surface area contributed by atoms with Gasteiger partial charge in [0.1, 0.15) is 11.8 Å². The molecule has 5 heteroatoms. The molecule has 20 heavy (non-hydrogen) atoms.